The van der Waals surface area contributed by atoms with Gasteiger partial charge in [-0.25, -0.2) is 18.6 Å². The van der Waals surface area contributed by atoms with Crippen LogP contribution >= 0.6 is 0 Å². The Hall–Kier alpha value is -6.30. The molecule has 2 amide bonds. The number of nitrogens with zero attached hydrogens (tertiary/aromatic N) is 6. The zero-order valence-corrected chi connectivity index (χ0v) is 30.4. The lowest BCUT2D eigenvalue weighted by Crippen LogP contribution is -2.35. The van der Waals surface area contributed by atoms with Gasteiger partial charge in [-0.3, -0.25) is 9.59 Å². The lowest BCUT2D eigenvalue weighted by molar-refractivity contribution is 0.0599. The van der Waals surface area contributed by atoms with Crippen LogP contribution < -0.4 is 0 Å². The molecule has 6 heterocycles. The number of fused-ring (bicyclic) bond motifs is 2. The number of esters is 1. The third-order valence-electron chi connectivity index (χ3n) is 10.3. The minimum absolute atomic E-state index is 0.0119. The number of rotatable bonds is 6. The molecule has 0 saturated carbocycles. The van der Waals surface area contributed by atoms with Gasteiger partial charge >= 0.3 is 11.9 Å². The Labute approximate surface area is 312 Å². The van der Waals surface area contributed by atoms with Crippen LogP contribution in [0.15, 0.2) is 91.3 Å². The van der Waals surface area contributed by atoms with E-state index in [2.05, 4.69) is 10.2 Å². The monoisotopic (exact) mass is 726 g/mol. The van der Waals surface area contributed by atoms with E-state index < -0.39 is 5.97 Å². The summed E-state index contributed by atoms with van der Waals surface area (Å²) in [7, 11) is 1.36. The lowest BCUT2D eigenvalue weighted by Gasteiger charge is -2.26. The molecule has 2 aliphatic heterocycles. The number of aromatic nitrogens is 4. The molecule has 54 heavy (non-hydrogen) atoms. The number of hydrogen-bond donors (Lipinski definition) is 1. The number of benzene rings is 2. The number of aromatic carboxylic acids is 1. The van der Waals surface area contributed by atoms with E-state index in [0.717, 1.165) is 85.4 Å². The highest BCUT2D eigenvalue weighted by atomic mass is 16.5. The second-order valence-electron chi connectivity index (χ2n) is 13.6. The largest absolute Gasteiger partial charge is 0.478 e. The summed E-state index contributed by atoms with van der Waals surface area (Å²) in [5.41, 5.74) is 7.34. The number of pyridine rings is 2. The standard InChI is InChI=1S/2C21H21N3O3/c1-27-21(26)16-8-5-7-15(13-16)18-9-6-10-19-17(14-22-24(18)19)20(25)23-11-3-2-4-12-23;1-14-15(7-5-8-16(14)21(26)27)18-9-6-10-19-17(13-22-24(18)19)20(25)23-11-3-2-4-12-23/h5-10,13-14H,2-4,11-12H2,1H3;5-10,13H,2-4,11-12H2,1H3,(H,26,27). The minimum atomic E-state index is -0.956. The van der Waals surface area contributed by atoms with Crippen molar-refractivity contribution >= 4 is 34.8 Å². The molecule has 0 aliphatic carbocycles. The summed E-state index contributed by atoms with van der Waals surface area (Å²) in [5, 5.41) is 18.3. The zero-order valence-electron chi connectivity index (χ0n) is 30.4. The Balaban J connectivity index is 0.000000167. The van der Waals surface area contributed by atoms with Crippen LogP contribution in [-0.2, 0) is 4.74 Å². The van der Waals surface area contributed by atoms with Crippen LogP contribution in [0, 0.1) is 6.92 Å². The fourth-order valence-corrected chi connectivity index (χ4v) is 7.38. The molecular formula is C42H42N6O6. The normalized spacial score (nSPS) is 14.4. The SMILES string of the molecule is COC(=O)c1cccc(-c2cccc3c(C(=O)N4CCCCC4)cnn23)c1.Cc1c(C(=O)O)cccc1-c1cccc2c(C(=O)N3CCCCC3)cnn12. The first-order valence-corrected chi connectivity index (χ1v) is 18.3. The van der Waals surface area contributed by atoms with Crippen molar-refractivity contribution in [2.45, 2.75) is 45.4 Å². The van der Waals surface area contributed by atoms with Gasteiger partial charge in [0.15, 0.2) is 0 Å². The fourth-order valence-electron chi connectivity index (χ4n) is 7.38. The molecule has 8 rings (SSSR count). The van der Waals surface area contributed by atoms with Crippen molar-refractivity contribution < 1.29 is 29.0 Å². The van der Waals surface area contributed by atoms with Crippen molar-refractivity contribution in [2.24, 2.45) is 0 Å². The summed E-state index contributed by atoms with van der Waals surface area (Å²) >= 11 is 0. The maximum atomic E-state index is 12.9. The predicted molar refractivity (Wildman–Crippen MR) is 204 cm³/mol. The van der Waals surface area contributed by atoms with E-state index in [1.807, 2.05) is 64.4 Å². The summed E-state index contributed by atoms with van der Waals surface area (Å²) in [6, 6.07) is 23.8. The van der Waals surface area contributed by atoms with Gasteiger partial charge in [-0.15, -0.1) is 0 Å². The summed E-state index contributed by atoms with van der Waals surface area (Å²) in [6.07, 6.45) is 9.79. The van der Waals surface area contributed by atoms with Crippen LogP contribution in [0.2, 0.25) is 0 Å². The number of ether oxygens (including phenoxy) is 1. The molecule has 0 unspecified atom stereocenters. The summed E-state index contributed by atoms with van der Waals surface area (Å²) in [4.78, 5) is 52.9. The van der Waals surface area contributed by atoms with Gasteiger partial charge in [0.1, 0.15) is 0 Å². The van der Waals surface area contributed by atoms with Crippen LogP contribution in [0.5, 0.6) is 0 Å². The number of piperidine rings is 2. The van der Waals surface area contributed by atoms with Crippen molar-refractivity contribution in [2.75, 3.05) is 33.3 Å². The van der Waals surface area contributed by atoms with Gasteiger partial charge in [-0.05, 0) is 93.5 Å². The number of carbonyl (C=O) groups is 4. The number of amides is 2. The van der Waals surface area contributed by atoms with Gasteiger partial charge in [0.25, 0.3) is 11.8 Å². The highest BCUT2D eigenvalue weighted by Gasteiger charge is 2.24. The molecule has 12 nitrogen and oxygen atoms in total. The van der Waals surface area contributed by atoms with Gasteiger partial charge in [-0.2, -0.15) is 10.2 Å². The van der Waals surface area contributed by atoms with Gasteiger partial charge in [-0.1, -0.05) is 36.4 Å². The van der Waals surface area contributed by atoms with E-state index in [0.29, 0.717) is 22.3 Å². The second-order valence-corrected chi connectivity index (χ2v) is 13.6. The molecule has 2 aliphatic rings. The third kappa shape index (κ3) is 7.06. The second kappa shape index (κ2) is 15.7. The first kappa shape index (κ1) is 36.1. The van der Waals surface area contributed by atoms with Crippen molar-refractivity contribution in [3.05, 3.63) is 119 Å². The third-order valence-corrected chi connectivity index (χ3v) is 10.3. The molecule has 4 aromatic heterocycles. The molecule has 6 aromatic rings. The van der Waals surface area contributed by atoms with Crippen molar-refractivity contribution in [3.63, 3.8) is 0 Å². The summed E-state index contributed by atoms with van der Waals surface area (Å²) in [6.45, 7) is 4.97. The molecule has 0 bridgehead atoms. The van der Waals surface area contributed by atoms with E-state index >= 15 is 0 Å². The molecule has 1 N–H and O–H groups in total. The summed E-state index contributed by atoms with van der Waals surface area (Å²) < 4.78 is 8.29. The van der Waals surface area contributed by atoms with Crippen molar-refractivity contribution in [3.8, 4) is 22.5 Å². The first-order chi connectivity index (χ1) is 26.3. The molecule has 2 saturated heterocycles. The zero-order chi connectivity index (χ0) is 37.8. The molecule has 2 aromatic carbocycles. The number of hydrogen-bond acceptors (Lipinski definition) is 7. The fraction of sp³-hybridized carbons (Fsp3) is 0.286. The Morgan fingerprint density at radius 3 is 1.70 bits per heavy atom. The quantitative estimate of drug-likeness (QED) is 0.180. The van der Waals surface area contributed by atoms with Crippen LogP contribution in [0.3, 0.4) is 0 Å². The number of methoxy groups -OCH3 is 1. The molecule has 0 radical (unpaired) electrons. The van der Waals surface area contributed by atoms with Crippen LogP contribution in [0.4, 0.5) is 0 Å². The van der Waals surface area contributed by atoms with Crippen LogP contribution in [0.25, 0.3) is 33.5 Å². The van der Waals surface area contributed by atoms with E-state index in [1.54, 1.807) is 52.6 Å². The molecule has 12 heteroatoms. The van der Waals surface area contributed by atoms with Crippen molar-refractivity contribution in [1.29, 1.82) is 0 Å². The van der Waals surface area contributed by atoms with Gasteiger partial charge in [0, 0.05) is 37.3 Å². The number of carboxylic acids is 1. The number of carbonyl (C=O) groups excluding carboxylic acids is 3. The minimum Gasteiger partial charge on any atom is -0.478 e. The Morgan fingerprint density at radius 1 is 0.630 bits per heavy atom. The predicted octanol–water partition coefficient (Wildman–Crippen LogP) is 7.05. The van der Waals surface area contributed by atoms with Gasteiger partial charge in [0.2, 0.25) is 0 Å². The molecule has 276 valence electrons. The number of carboxylic acid groups (broad SMARTS) is 1. The van der Waals surface area contributed by atoms with E-state index in [4.69, 9.17) is 4.74 Å². The van der Waals surface area contributed by atoms with E-state index in [-0.39, 0.29) is 23.3 Å². The van der Waals surface area contributed by atoms with E-state index in [9.17, 15) is 24.3 Å². The molecular weight excluding hydrogens is 684 g/mol. The average molecular weight is 727 g/mol. The van der Waals surface area contributed by atoms with Crippen molar-refractivity contribution in [1.82, 2.24) is 29.0 Å². The van der Waals surface area contributed by atoms with Gasteiger partial charge in [0.05, 0.1) is 64.2 Å². The molecule has 0 spiro atoms. The molecule has 2 fully saturated rings. The van der Waals surface area contributed by atoms with Gasteiger partial charge < -0.3 is 19.6 Å². The Bertz CT molecular complexity index is 2370. The topological polar surface area (TPSA) is 139 Å². The Morgan fingerprint density at radius 2 is 1.15 bits per heavy atom. The maximum absolute atomic E-state index is 12.9. The lowest BCUT2D eigenvalue weighted by atomic mass is 9.99. The smallest absolute Gasteiger partial charge is 0.337 e. The average Bonchev–Trinajstić information content (AvgIpc) is 3.86. The Kier molecular flexibility index (Phi) is 10.5. The van der Waals surface area contributed by atoms with Crippen LogP contribution in [-0.4, -0.2) is 91.2 Å². The first-order valence-electron chi connectivity index (χ1n) is 18.3. The number of likely N-dealkylation sites (tertiary alicyclic amines) is 2. The molecule has 0 atom stereocenters. The van der Waals surface area contributed by atoms with E-state index in [1.165, 1.54) is 20.0 Å². The highest BCUT2D eigenvalue weighted by molar-refractivity contribution is 6.02. The highest BCUT2D eigenvalue weighted by Crippen LogP contribution is 2.29. The van der Waals surface area contributed by atoms with Crippen LogP contribution in [0.1, 0.15) is 85.5 Å². The maximum Gasteiger partial charge on any atom is 0.337 e. The summed E-state index contributed by atoms with van der Waals surface area (Å²) in [5.74, 6) is -1.29.